The van der Waals surface area contributed by atoms with Crippen molar-refractivity contribution < 1.29 is 18.0 Å². The smallest absolute Gasteiger partial charge is 0.264 e. The summed E-state index contributed by atoms with van der Waals surface area (Å²) in [6.45, 7) is 1.37. The molecular weight excluding hydrogens is 733 g/mol. The van der Waals surface area contributed by atoms with E-state index in [0.29, 0.717) is 0 Å². The lowest BCUT2D eigenvalue weighted by Crippen LogP contribution is -2.55. The second-order valence-corrected chi connectivity index (χ2v) is 15.7. The maximum absolute atomic E-state index is 14.7. The highest BCUT2D eigenvalue weighted by atomic mass is 79.9. The Kier molecular flexibility index (Phi) is 12.2. The van der Waals surface area contributed by atoms with Gasteiger partial charge in [0.05, 0.1) is 20.6 Å². The number of carbonyl (C=O) groups excluding carboxylic acids is 2. The van der Waals surface area contributed by atoms with Crippen LogP contribution in [0.25, 0.3) is 0 Å². The standard InChI is InChI=1S/C37H38BrCl2N3O4S/c1-26-12-19-32(20-13-26)48(46,47)43(31-18-21-33(39)34(40)23-31)25-36(44)42(24-28-14-16-29(38)17-15-28)35(22-27-8-4-2-5-9-27)37(45)41-30-10-6-3-7-11-30/h2,4-5,8-9,12-21,23,30,35H,3,6-7,10-11,22,24-25H2,1H3,(H,41,45)/t35-/m1/s1. The molecule has 4 aromatic rings. The van der Waals surface area contributed by atoms with Gasteiger partial charge in [0.2, 0.25) is 11.8 Å². The van der Waals surface area contributed by atoms with Crippen LogP contribution in [0.5, 0.6) is 0 Å². The van der Waals surface area contributed by atoms with Crippen LogP contribution in [0.15, 0.2) is 106 Å². The van der Waals surface area contributed by atoms with Crippen molar-refractivity contribution in [2.75, 3.05) is 10.8 Å². The molecule has 1 fully saturated rings. The van der Waals surface area contributed by atoms with Gasteiger partial charge in [-0.2, -0.15) is 0 Å². The van der Waals surface area contributed by atoms with Crippen LogP contribution in [-0.2, 0) is 32.6 Å². The van der Waals surface area contributed by atoms with Gasteiger partial charge in [0.1, 0.15) is 12.6 Å². The number of hydrogen-bond donors (Lipinski definition) is 1. The summed E-state index contributed by atoms with van der Waals surface area (Å²) in [5.41, 5.74) is 2.73. The van der Waals surface area contributed by atoms with Crippen LogP contribution in [-0.4, -0.2) is 43.8 Å². The molecule has 1 saturated carbocycles. The molecule has 4 aromatic carbocycles. The molecule has 0 saturated heterocycles. The first-order chi connectivity index (χ1) is 23.0. The lowest BCUT2D eigenvalue weighted by atomic mass is 9.94. The molecule has 11 heteroatoms. The van der Waals surface area contributed by atoms with Gasteiger partial charge in [-0.1, -0.05) is 119 Å². The minimum Gasteiger partial charge on any atom is -0.352 e. The fourth-order valence-corrected chi connectivity index (χ4v) is 7.85. The third-order valence-electron chi connectivity index (χ3n) is 8.57. The molecule has 5 rings (SSSR count). The topological polar surface area (TPSA) is 86.8 Å². The first kappa shape index (κ1) is 35.9. The van der Waals surface area contributed by atoms with Gasteiger partial charge in [0.15, 0.2) is 0 Å². The molecule has 0 unspecified atom stereocenters. The van der Waals surface area contributed by atoms with Crippen LogP contribution in [0, 0.1) is 6.92 Å². The molecule has 0 aliphatic heterocycles. The highest BCUT2D eigenvalue weighted by molar-refractivity contribution is 9.10. The summed E-state index contributed by atoms with van der Waals surface area (Å²) in [5, 5.41) is 3.62. The van der Waals surface area contributed by atoms with Crippen LogP contribution in [0.2, 0.25) is 10.0 Å². The van der Waals surface area contributed by atoms with Crippen molar-refractivity contribution in [3.8, 4) is 0 Å². The number of amides is 2. The average Bonchev–Trinajstić information content (AvgIpc) is 3.08. The van der Waals surface area contributed by atoms with Crippen molar-refractivity contribution >= 4 is 66.7 Å². The summed E-state index contributed by atoms with van der Waals surface area (Å²) >= 11 is 16.0. The number of sulfonamides is 1. The largest absolute Gasteiger partial charge is 0.352 e. The summed E-state index contributed by atoms with van der Waals surface area (Å²) in [7, 11) is -4.26. The van der Waals surface area contributed by atoms with Gasteiger partial charge in [-0.05, 0) is 73.4 Å². The molecule has 0 heterocycles. The third-order valence-corrected chi connectivity index (χ3v) is 11.6. The number of hydrogen-bond acceptors (Lipinski definition) is 4. The second-order valence-electron chi connectivity index (χ2n) is 12.1. The van der Waals surface area contributed by atoms with Gasteiger partial charge in [-0.25, -0.2) is 8.42 Å². The van der Waals surface area contributed by atoms with Crippen molar-refractivity contribution in [2.45, 2.75) is 69.0 Å². The van der Waals surface area contributed by atoms with Gasteiger partial charge in [-0.3, -0.25) is 13.9 Å². The van der Waals surface area contributed by atoms with E-state index in [1.54, 1.807) is 12.1 Å². The Balaban J connectivity index is 1.57. The van der Waals surface area contributed by atoms with Crippen molar-refractivity contribution in [1.29, 1.82) is 0 Å². The molecule has 0 bridgehead atoms. The Morgan fingerprint density at radius 3 is 2.17 bits per heavy atom. The van der Waals surface area contributed by atoms with E-state index >= 15 is 0 Å². The number of anilines is 1. The Hall–Kier alpha value is -3.37. The number of nitrogens with one attached hydrogen (secondary N) is 1. The Morgan fingerprint density at radius 2 is 1.52 bits per heavy atom. The fraction of sp³-hybridized carbons (Fsp3) is 0.297. The van der Waals surface area contributed by atoms with Crippen molar-refractivity contribution in [1.82, 2.24) is 10.2 Å². The summed E-state index contributed by atoms with van der Waals surface area (Å²) in [5.74, 6) is -0.807. The van der Waals surface area contributed by atoms with Crippen LogP contribution >= 0.6 is 39.1 Å². The highest BCUT2D eigenvalue weighted by Gasteiger charge is 2.35. The van der Waals surface area contributed by atoms with E-state index in [9.17, 15) is 18.0 Å². The number of aryl methyl sites for hydroxylation is 1. The predicted molar refractivity (Wildman–Crippen MR) is 196 cm³/mol. The van der Waals surface area contributed by atoms with E-state index in [2.05, 4.69) is 21.2 Å². The molecule has 252 valence electrons. The Bertz CT molecular complexity index is 1820. The second kappa shape index (κ2) is 16.4. The van der Waals surface area contributed by atoms with Crippen LogP contribution in [0.1, 0.15) is 48.8 Å². The zero-order valence-corrected chi connectivity index (χ0v) is 30.5. The minimum absolute atomic E-state index is 0.0160. The zero-order valence-electron chi connectivity index (χ0n) is 26.6. The zero-order chi connectivity index (χ0) is 34.3. The first-order valence-electron chi connectivity index (χ1n) is 15.9. The van der Waals surface area contributed by atoms with E-state index < -0.39 is 28.5 Å². The van der Waals surface area contributed by atoms with E-state index in [4.69, 9.17) is 23.2 Å². The minimum atomic E-state index is -4.26. The normalized spacial score (nSPS) is 14.2. The molecule has 0 aromatic heterocycles. The van der Waals surface area contributed by atoms with Crippen molar-refractivity contribution in [3.05, 3.63) is 128 Å². The van der Waals surface area contributed by atoms with E-state index in [1.165, 1.54) is 35.2 Å². The summed E-state index contributed by atoms with van der Waals surface area (Å²) in [6, 6.07) is 27.0. The highest BCUT2D eigenvalue weighted by Crippen LogP contribution is 2.31. The molecular formula is C37H38BrCl2N3O4S. The number of benzene rings is 4. The SMILES string of the molecule is Cc1ccc(S(=O)(=O)N(CC(=O)N(Cc2ccc(Br)cc2)[C@H](Cc2ccccc2)C(=O)NC2CCCCC2)c2ccc(Cl)c(Cl)c2)cc1. The maximum Gasteiger partial charge on any atom is 0.264 e. The lowest BCUT2D eigenvalue weighted by molar-refractivity contribution is -0.140. The average molecular weight is 772 g/mol. The number of carbonyl (C=O) groups is 2. The van der Waals surface area contributed by atoms with Gasteiger partial charge < -0.3 is 10.2 Å². The van der Waals surface area contributed by atoms with E-state index in [1.807, 2.05) is 61.5 Å². The number of rotatable bonds is 12. The van der Waals surface area contributed by atoms with E-state index in [-0.39, 0.29) is 45.5 Å². The van der Waals surface area contributed by atoms with Gasteiger partial charge >= 0.3 is 0 Å². The lowest BCUT2D eigenvalue weighted by Gasteiger charge is -2.35. The van der Waals surface area contributed by atoms with Gasteiger partial charge in [0, 0.05) is 23.5 Å². The van der Waals surface area contributed by atoms with Crippen molar-refractivity contribution in [3.63, 3.8) is 0 Å². The Labute approximate surface area is 301 Å². The molecule has 0 radical (unpaired) electrons. The quantitative estimate of drug-likeness (QED) is 0.157. The van der Waals surface area contributed by atoms with Crippen molar-refractivity contribution in [2.24, 2.45) is 0 Å². The molecule has 2 amide bonds. The predicted octanol–water partition coefficient (Wildman–Crippen LogP) is 8.35. The summed E-state index contributed by atoms with van der Waals surface area (Å²) in [6.07, 6.45) is 5.21. The van der Waals surface area contributed by atoms with E-state index in [0.717, 1.165) is 57.6 Å². The van der Waals surface area contributed by atoms with Crippen LogP contribution in [0.3, 0.4) is 0 Å². The summed E-state index contributed by atoms with van der Waals surface area (Å²) in [4.78, 5) is 30.4. The third kappa shape index (κ3) is 9.20. The first-order valence-corrected chi connectivity index (χ1v) is 18.9. The molecule has 1 aliphatic carbocycles. The molecule has 1 atom stereocenters. The molecule has 1 aliphatic rings. The molecule has 0 spiro atoms. The number of nitrogens with zero attached hydrogens (tertiary/aromatic N) is 2. The monoisotopic (exact) mass is 769 g/mol. The van der Waals surface area contributed by atoms with Gasteiger partial charge in [-0.15, -0.1) is 0 Å². The summed E-state index contributed by atoms with van der Waals surface area (Å²) < 4.78 is 30.4. The molecule has 7 nitrogen and oxygen atoms in total. The molecule has 48 heavy (non-hydrogen) atoms. The Morgan fingerprint density at radius 1 is 0.854 bits per heavy atom. The molecule has 1 N–H and O–H groups in total. The maximum atomic E-state index is 14.7. The van der Waals surface area contributed by atoms with Gasteiger partial charge in [0.25, 0.3) is 10.0 Å². The van der Waals surface area contributed by atoms with Crippen LogP contribution < -0.4 is 9.62 Å². The van der Waals surface area contributed by atoms with Crippen LogP contribution in [0.4, 0.5) is 5.69 Å². The fourth-order valence-electron chi connectivity index (χ4n) is 5.89. The number of halogens is 3.